The highest BCUT2D eigenvalue weighted by molar-refractivity contribution is 7.13. The molecule has 6 nitrogen and oxygen atoms in total. The van der Waals surface area contributed by atoms with Crippen LogP contribution in [0.25, 0.3) is 0 Å². The van der Waals surface area contributed by atoms with Gasteiger partial charge in [-0.25, -0.2) is 4.98 Å². The van der Waals surface area contributed by atoms with Crippen LogP contribution in [0.2, 0.25) is 0 Å². The Morgan fingerprint density at radius 2 is 2.48 bits per heavy atom. The molecule has 2 aromatic heterocycles. The largest absolute Gasteiger partial charge is 0.467 e. The number of thiazole rings is 1. The quantitative estimate of drug-likeness (QED) is 0.847. The van der Waals surface area contributed by atoms with Crippen molar-refractivity contribution >= 4 is 17.2 Å². The number of rotatable bonds is 6. The third kappa shape index (κ3) is 3.99. The highest BCUT2D eigenvalue weighted by Gasteiger charge is 2.23. The molecular weight excluding hydrogens is 316 g/mol. The lowest BCUT2D eigenvalue weighted by atomic mass is 10.1. The minimum absolute atomic E-state index is 0.0275. The van der Waals surface area contributed by atoms with Crippen LogP contribution in [0, 0.1) is 0 Å². The number of hydrogen-bond donors (Lipinski definition) is 2. The fourth-order valence-electron chi connectivity index (χ4n) is 2.60. The second-order valence-corrected chi connectivity index (χ2v) is 6.77. The van der Waals surface area contributed by atoms with Crippen LogP contribution < -0.4 is 5.32 Å². The van der Waals surface area contributed by atoms with Gasteiger partial charge in [0.25, 0.3) is 5.91 Å². The van der Waals surface area contributed by atoms with Crippen molar-refractivity contribution in [2.75, 3.05) is 6.61 Å². The summed E-state index contributed by atoms with van der Waals surface area (Å²) in [6, 6.07) is 3.26. The molecular formula is C16H20N2O4S. The summed E-state index contributed by atoms with van der Waals surface area (Å²) in [6.07, 6.45) is 4.78. The van der Waals surface area contributed by atoms with Crippen LogP contribution in [0.5, 0.6) is 0 Å². The summed E-state index contributed by atoms with van der Waals surface area (Å²) in [5.41, 5.74) is 0. The summed E-state index contributed by atoms with van der Waals surface area (Å²) in [5.74, 6) is 0.329. The van der Waals surface area contributed by atoms with Crippen molar-refractivity contribution in [2.24, 2.45) is 0 Å². The van der Waals surface area contributed by atoms with Crippen molar-refractivity contribution < 1.29 is 19.1 Å². The van der Waals surface area contributed by atoms with E-state index < -0.39 is 6.10 Å². The summed E-state index contributed by atoms with van der Waals surface area (Å²) in [4.78, 5) is 17.1. The molecule has 3 heterocycles. The third-order valence-corrected chi connectivity index (χ3v) is 4.87. The van der Waals surface area contributed by atoms with E-state index in [1.807, 2.05) is 6.92 Å². The normalized spacial score (nSPS) is 20.3. The molecule has 3 atom stereocenters. The maximum atomic E-state index is 12.3. The van der Waals surface area contributed by atoms with Gasteiger partial charge in [0, 0.05) is 19.1 Å². The van der Waals surface area contributed by atoms with E-state index in [0.717, 1.165) is 24.5 Å². The van der Waals surface area contributed by atoms with E-state index >= 15 is 0 Å². The molecule has 124 valence electrons. The molecule has 1 aliphatic heterocycles. The van der Waals surface area contributed by atoms with Crippen molar-refractivity contribution in [3.8, 4) is 0 Å². The van der Waals surface area contributed by atoms with Crippen molar-refractivity contribution in [3.05, 3.63) is 40.2 Å². The molecule has 3 unspecified atom stereocenters. The molecule has 2 N–H and O–H groups in total. The van der Waals surface area contributed by atoms with Crippen molar-refractivity contribution in [1.29, 1.82) is 0 Å². The summed E-state index contributed by atoms with van der Waals surface area (Å²) in [6.45, 7) is 2.61. The van der Waals surface area contributed by atoms with E-state index in [1.165, 1.54) is 17.6 Å². The number of carbonyl (C=O) groups excluding carboxylic acids is 1. The smallest absolute Gasteiger partial charge is 0.263 e. The van der Waals surface area contributed by atoms with Crippen LogP contribution in [0.1, 0.15) is 58.8 Å². The molecule has 1 aliphatic rings. The number of nitrogens with one attached hydrogen (secondary N) is 1. The number of nitrogens with zero attached hydrogens (tertiary/aromatic N) is 1. The van der Waals surface area contributed by atoms with Gasteiger partial charge in [0.2, 0.25) is 0 Å². The van der Waals surface area contributed by atoms with Gasteiger partial charge < -0.3 is 19.6 Å². The Kier molecular flexibility index (Phi) is 5.09. The number of amides is 1. The fourth-order valence-corrected chi connectivity index (χ4v) is 3.50. The van der Waals surface area contributed by atoms with Crippen LogP contribution in [-0.4, -0.2) is 28.6 Å². The van der Waals surface area contributed by atoms with Gasteiger partial charge in [-0.05, 0) is 31.9 Å². The van der Waals surface area contributed by atoms with E-state index in [1.54, 1.807) is 18.3 Å². The van der Waals surface area contributed by atoms with Crippen LogP contribution in [0.4, 0.5) is 0 Å². The third-order valence-electron chi connectivity index (χ3n) is 3.78. The number of hydrogen-bond acceptors (Lipinski definition) is 6. The Hall–Kier alpha value is -1.70. The Labute approximate surface area is 138 Å². The minimum atomic E-state index is -0.732. The van der Waals surface area contributed by atoms with Gasteiger partial charge >= 0.3 is 0 Å². The average Bonchev–Trinajstić information content (AvgIpc) is 3.27. The summed E-state index contributed by atoms with van der Waals surface area (Å²) in [5, 5.41) is 13.8. The lowest BCUT2D eigenvalue weighted by Crippen LogP contribution is -2.33. The molecule has 1 saturated heterocycles. The molecule has 2 aromatic rings. The minimum Gasteiger partial charge on any atom is -0.467 e. The number of aromatic nitrogens is 1. The number of carbonyl (C=O) groups is 1. The standard InChI is InChI=1S/C16H20N2O4S/c1-10(8-11(19)12-4-2-6-21-12)18-15(20)14-9-17-16(23-14)13-5-3-7-22-13/h2,4,6,9-11,13,19H,3,5,7-8H2,1H3,(H,18,20). The zero-order valence-corrected chi connectivity index (χ0v) is 13.7. The van der Waals surface area contributed by atoms with E-state index in [9.17, 15) is 9.90 Å². The van der Waals surface area contributed by atoms with Crippen molar-refractivity contribution in [1.82, 2.24) is 10.3 Å². The maximum absolute atomic E-state index is 12.3. The van der Waals surface area contributed by atoms with Crippen LogP contribution >= 0.6 is 11.3 Å². The Balaban J connectivity index is 1.54. The lowest BCUT2D eigenvalue weighted by molar-refractivity contribution is 0.0907. The fraction of sp³-hybridized carbons (Fsp3) is 0.500. The first-order valence-electron chi connectivity index (χ1n) is 7.73. The Morgan fingerprint density at radius 3 is 3.17 bits per heavy atom. The molecule has 1 amide bonds. The monoisotopic (exact) mass is 336 g/mol. The highest BCUT2D eigenvalue weighted by atomic mass is 32.1. The van der Waals surface area contributed by atoms with Gasteiger partial charge in [-0.15, -0.1) is 11.3 Å². The molecule has 1 fully saturated rings. The first kappa shape index (κ1) is 16.2. The molecule has 3 rings (SSSR count). The lowest BCUT2D eigenvalue weighted by Gasteiger charge is -2.16. The molecule has 0 aliphatic carbocycles. The van der Waals surface area contributed by atoms with Crippen LogP contribution in [-0.2, 0) is 4.74 Å². The molecule has 0 aromatic carbocycles. The SMILES string of the molecule is CC(CC(O)c1ccco1)NC(=O)c1cnc(C2CCCO2)s1. The van der Waals surface area contributed by atoms with Gasteiger partial charge in [0.15, 0.2) is 0 Å². The number of ether oxygens (including phenoxy) is 1. The van der Waals surface area contributed by atoms with E-state index in [4.69, 9.17) is 9.15 Å². The Morgan fingerprint density at radius 1 is 1.61 bits per heavy atom. The van der Waals surface area contributed by atoms with E-state index in [0.29, 0.717) is 17.1 Å². The zero-order valence-electron chi connectivity index (χ0n) is 12.9. The molecule has 23 heavy (non-hydrogen) atoms. The number of furan rings is 1. The first-order chi connectivity index (χ1) is 11.1. The average molecular weight is 336 g/mol. The van der Waals surface area contributed by atoms with E-state index in [2.05, 4.69) is 10.3 Å². The molecule has 0 bridgehead atoms. The predicted octanol–water partition coefficient (Wildman–Crippen LogP) is 2.83. The van der Waals surface area contributed by atoms with E-state index in [-0.39, 0.29) is 18.1 Å². The number of aliphatic hydroxyl groups is 1. The van der Waals surface area contributed by atoms with Gasteiger partial charge in [-0.1, -0.05) is 0 Å². The summed E-state index contributed by atoms with van der Waals surface area (Å²) < 4.78 is 10.7. The topological polar surface area (TPSA) is 84.6 Å². The molecule has 7 heteroatoms. The molecule has 0 radical (unpaired) electrons. The second-order valence-electron chi connectivity index (χ2n) is 5.71. The van der Waals surface area contributed by atoms with Crippen LogP contribution in [0.15, 0.2) is 29.0 Å². The Bertz CT molecular complexity index is 634. The van der Waals surface area contributed by atoms with Crippen LogP contribution in [0.3, 0.4) is 0 Å². The summed E-state index contributed by atoms with van der Waals surface area (Å²) in [7, 11) is 0. The highest BCUT2D eigenvalue weighted by Crippen LogP contribution is 2.31. The zero-order chi connectivity index (χ0) is 16.2. The second kappa shape index (κ2) is 7.25. The molecule has 0 spiro atoms. The first-order valence-corrected chi connectivity index (χ1v) is 8.55. The van der Waals surface area contributed by atoms with Gasteiger partial charge in [0.1, 0.15) is 27.9 Å². The van der Waals surface area contributed by atoms with Gasteiger partial charge in [0.05, 0.1) is 12.5 Å². The number of aliphatic hydroxyl groups excluding tert-OH is 1. The van der Waals surface area contributed by atoms with Crippen molar-refractivity contribution in [2.45, 2.75) is 44.4 Å². The van der Waals surface area contributed by atoms with Gasteiger partial charge in [-0.2, -0.15) is 0 Å². The molecule has 0 saturated carbocycles. The summed E-state index contributed by atoms with van der Waals surface area (Å²) >= 11 is 1.37. The predicted molar refractivity (Wildman–Crippen MR) is 85.3 cm³/mol. The maximum Gasteiger partial charge on any atom is 0.263 e. The van der Waals surface area contributed by atoms with Crippen molar-refractivity contribution in [3.63, 3.8) is 0 Å². The van der Waals surface area contributed by atoms with Gasteiger partial charge in [-0.3, -0.25) is 4.79 Å².